The highest BCUT2D eigenvalue weighted by molar-refractivity contribution is 6.08. The summed E-state index contributed by atoms with van der Waals surface area (Å²) in [6, 6.07) is 11.2. The molecule has 1 aliphatic heterocycles. The largest absolute Gasteiger partial charge is 0.416 e. The van der Waals surface area contributed by atoms with Crippen LogP contribution in [-0.4, -0.2) is 11.8 Å². The summed E-state index contributed by atoms with van der Waals surface area (Å²) in [5, 5.41) is 5.34. The monoisotopic (exact) mass is 443 g/mol. The van der Waals surface area contributed by atoms with Gasteiger partial charge in [-0.3, -0.25) is 9.59 Å². The summed E-state index contributed by atoms with van der Waals surface area (Å²) >= 11 is 0. The third kappa shape index (κ3) is 3.89. The van der Waals surface area contributed by atoms with Crippen LogP contribution in [0.3, 0.4) is 0 Å². The second-order valence-corrected chi connectivity index (χ2v) is 7.47. The van der Waals surface area contributed by atoms with Gasteiger partial charge in [0.05, 0.1) is 11.6 Å². The molecule has 4 rings (SSSR count). The van der Waals surface area contributed by atoms with Crippen LogP contribution in [-0.2, 0) is 6.18 Å². The number of halogens is 4. The van der Waals surface area contributed by atoms with Crippen LogP contribution in [0, 0.1) is 12.7 Å². The van der Waals surface area contributed by atoms with E-state index in [-0.39, 0.29) is 16.9 Å². The molecule has 4 N–H and O–H groups in total. The summed E-state index contributed by atoms with van der Waals surface area (Å²) < 4.78 is 52.9. The van der Waals surface area contributed by atoms with Crippen molar-refractivity contribution in [2.45, 2.75) is 19.1 Å². The summed E-state index contributed by atoms with van der Waals surface area (Å²) in [6.07, 6.45) is -4.82. The summed E-state index contributed by atoms with van der Waals surface area (Å²) in [5.74, 6) is -2.57. The van der Waals surface area contributed by atoms with Gasteiger partial charge in [0.2, 0.25) is 0 Å². The van der Waals surface area contributed by atoms with Crippen molar-refractivity contribution in [1.29, 1.82) is 0 Å². The Morgan fingerprint density at radius 3 is 2.50 bits per heavy atom. The van der Waals surface area contributed by atoms with Gasteiger partial charge >= 0.3 is 6.18 Å². The summed E-state index contributed by atoms with van der Waals surface area (Å²) in [5.41, 5.74) is 6.75. The molecular formula is C23H17F4N3O2. The number of aryl methyl sites for hydroxylation is 1. The van der Waals surface area contributed by atoms with E-state index in [1.807, 2.05) is 25.1 Å². The van der Waals surface area contributed by atoms with E-state index < -0.39 is 41.0 Å². The molecule has 2 amide bonds. The molecule has 9 heteroatoms. The van der Waals surface area contributed by atoms with Crippen LogP contribution in [0.2, 0.25) is 0 Å². The Hall–Kier alpha value is -3.88. The maximum absolute atomic E-state index is 13.8. The Morgan fingerprint density at radius 1 is 1.09 bits per heavy atom. The molecule has 0 unspecified atom stereocenters. The number of carbonyl (C=O) groups is 2. The number of benzene rings is 3. The van der Waals surface area contributed by atoms with E-state index in [1.54, 1.807) is 6.07 Å². The predicted octanol–water partition coefficient (Wildman–Crippen LogP) is 4.82. The lowest BCUT2D eigenvalue weighted by atomic mass is 9.93. The Balaban J connectivity index is 1.77. The number of anilines is 2. The first kappa shape index (κ1) is 21.4. The van der Waals surface area contributed by atoms with Crippen molar-refractivity contribution in [3.8, 4) is 0 Å². The SMILES string of the molecule is Cc1ccccc1[C@H]1NC(=O)c2cc(N)cc(NC(=O)c3cc(F)cc(C(F)(F)F)c3)c21. The van der Waals surface area contributed by atoms with E-state index in [0.29, 0.717) is 23.8 Å². The Labute approximate surface area is 180 Å². The number of hydrogen-bond donors (Lipinski definition) is 3. The lowest BCUT2D eigenvalue weighted by Gasteiger charge is -2.19. The van der Waals surface area contributed by atoms with E-state index in [0.717, 1.165) is 11.1 Å². The summed E-state index contributed by atoms with van der Waals surface area (Å²) in [7, 11) is 0. The molecule has 32 heavy (non-hydrogen) atoms. The molecule has 0 saturated carbocycles. The zero-order valence-electron chi connectivity index (χ0n) is 16.7. The Bertz CT molecular complexity index is 1250. The van der Waals surface area contributed by atoms with Gasteiger partial charge in [0, 0.05) is 28.1 Å². The first-order chi connectivity index (χ1) is 15.0. The molecule has 164 valence electrons. The van der Waals surface area contributed by atoms with Gasteiger partial charge in [-0.1, -0.05) is 24.3 Å². The third-order valence-corrected chi connectivity index (χ3v) is 5.25. The fourth-order valence-corrected chi connectivity index (χ4v) is 3.78. The second kappa shape index (κ2) is 7.67. The molecule has 0 bridgehead atoms. The molecule has 0 fully saturated rings. The average molecular weight is 443 g/mol. The van der Waals surface area contributed by atoms with E-state index in [2.05, 4.69) is 10.6 Å². The van der Waals surface area contributed by atoms with Crippen LogP contribution in [0.15, 0.2) is 54.6 Å². The lowest BCUT2D eigenvalue weighted by molar-refractivity contribution is -0.137. The molecule has 0 aliphatic carbocycles. The maximum Gasteiger partial charge on any atom is 0.416 e. The van der Waals surface area contributed by atoms with E-state index in [4.69, 9.17) is 5.73 Å². The molecule has 0 saturated heterocycles. The van der Waals surface area contributed by atoms with Gasteiger partial charge in [0.15, 0.2) is 0 Å². The van der Waals surface area contributed by atoms with Crippen molar-refractivity contribution in [3.63, 3.8) is 0 Å². The lowest BCUT2D eigenvalue weighted by Crippen LogP contribution is -2.21. The minimum absolute atomic E-state index is 0.148. The highest BCUT2D eigenvalue weighted by Gasteiger charge is 2.35. The number of hydrogen-bond acceptors (Lipinski definition) is 3. The van der Waals surface area contributed by atoms with Crippen LogP contribution < -0.4 is 16.4 Å². The highest BCUT2D eigenvalue weighted by atomic mass is 19.4. The Kier molecular flexibility index (Phi) is 5.12. The number of nitrogens with two attached hydrogens (primary N) is 1. The van der Waals surface area contributed by atoms with E-state index in [9.17, 15) is 27.2 Å². The molecule has 0 aromatic heterocycles. The van der Waals surface area contributed by atoms with Crippen LogP contribution in [0.1, 0.15) is 49.0 Å². The van der Waals surface area contributed by atoms with Crippen LogP contribution in [0.5, 0.6) is 0 Å². The van der Waals surface area contributed by atoms with Crippen molar-refractivity contribution < 1.29 is 27.2 Å². The molecular weight excluding hydrogens is 426 g/mol. The van der Waals surface area contributed by atoms with Crippen LogP contribution in [0.4, 0.5) is 28.9 Å². The molecule has 0 radical (unpaired) electrons. The molecule has 1 heterocycles. The van der Waals surface area contributed by atoms with Gasteiger partial charge in [0.1, 0.15) is 5.82 Å². The molecule has 1 aliphatic rings. The zero-order chi connectivity index (χ0) is 23.2. The van der Waals surface area contributed by atoms with Gasteiger partial charge in [-0.25, -0.2) is 4.39 Å². The molecule has 5 nitrogen and oxygen atoms in total. The Morgan fingerprint density at radius 2 is 1.81 bits per heavy atom. The molecule has 0 spiro atoms. The van der Waals surface area contributed by atoms with Crippen molar-refractivity contribution in [3.05, 3.63) is 93.8 Å². The van der Waals surface area contributed by atoms with Crippen molar-refractivity contribution in [2.75, 3.05) is 11.1 Å². The maximum atomic E-state index is 13.8. The summed E-state index contributed by atoms with van der Waals surface area (Å²) in [6.45, 7) is 1.86. The second-order valence-electron chi connectivity index (χ2n) is 7.47. The van der Waals surface area contributed by atoms with Gasteiger partial charge in [-0.2, -0.15) is 13.2 Å². The highest BCUT2D eigenvalue weighted by Crippen LogP contribution is 2.39. The number of amides is 2. The number of carbonyl (C=O) groups excluding carboxylic acids is 2. The minimum Gasteiger partial charge on any atom is -0.399 e. The number of fused-ring (bicyclic) bond motifs is 1. The van der Waals surface area contributed by atoms with Gasteiger partial charge in [0.25, 0.3) is 11.8 Å². The smallest absolute Gasteiger partial charge is 0.399 e. The van der Waals surface area contributed by atoms with Crippen LogP contribution in [0.25, 0.3) is 0 Å². The first-order valence-corrected chi connectivity index (χ1v) is 9.53. The van der Waals surface area contributed by atoms with Crippen molar-refractivity contribution in [1.82, 2.24) is 5.32 Å². The minimum atomic E-state index is -4.82. The van der Waals surface area contributed by atoms with E-state index >= 15 is 0 Å². The predicted molar refractivity (Wildman–Crippen MR) is 111 cm³/mol. The molecule has 1 atom stereocenters. The number of alkyl halides is 3. The van der Waals surface area contributed by atoms with Crippen molar-refractivity contribution >= 4 is 23.2 Å². The average Bonchev–Trinajstić information content (AvgIpc) is 3.03. The quantitative estimate of drug-likeness (QED) is 0.401. The van der Waals surface area contributed by atoms with Crippen LogP contribution >= 0.6 is 0 Å². The number of rotatable bonds is 3. The van der Waals surface area contributed by atoms with Crippen molar-refractivity contribution in [2.24, 2.45) is 0 Å². The van der Waals surface area contributed by atoms with E-state index in [1.165, 1.54) is 12.1 Å². The fourth-order valence-electron chi connectivity index (χ4n) is 3.78. The topological polar surface area (TPSA) is 84.2 Å². The third-order valence-electron chi connectivity index (χ3n) is 5.25. The van der Waals surface area contributed by atoms with Gasteiger partial charge < -0.3 is 16.4 Å². The molecule has 3 aromatic rings. The van der Waals surface area contributed by atoms with Gasteiger partial charge in [-0.05, 0) is 48.4 Å². The number of nitrogens with one attached hydrogen (secondary N) is 2. The fraction of sp³-hybridized carbons (Fsp3) is 0.130. The zero-order valence-corrected chi connectivity index (χ0v) is 16.7. The first-order valence-electron chi connectivity index (χ1n) is 9.53. The normalized spacial score (nSPS) is 15.3. The standard InChI is InChI=1S/C23H17F4N3O2/c1-11-4-2-3-5-16(11)20-19-17(22(32)30-20)9-15(28)10-18(19)29-21(31)12-6-13(23(25,26)27)8-14(24)7-12/h2-10,20H,28H2,1H3,(H,29,31)(H,30,32)/t20-/m1/s1. The number of nitrogen functional groups attached to an aromatic ring is 1. The summed E-state index contributed by atoms with van der Waals surface area (Å²) in [4.78, 5) is 25.3. The molecule has 3 aromatic carbocycles. The van der Waals surface area contributed by atoms with Gasteiger partial charge in [-0.15, -0.1) is 0 Å².